The van der Waals surface area contributed by atoms with E-state index in [-0.39, 0.29) is 0 Å². The highest BCUT2D eigenvalue weighted by Crippen LogP contribution is 2.18. The number of nitrogens with zero attached hydrogens (tertiary/aromatic N) is 3. The van der Waals surface area contributed by atoms with Crippen LogP contribution < -0.4 is 5.32 Å². The molecule has 0 saturated carbocycles. The Bertz CT molecular complexity index is 460. The van der Waals surface area contributed by atoms with Crippen LogP contribution in [0.1, 0.15) is 18.0 Å². The standard InChI is InChI=1S/C11H13ClN4O2/c12-9-4-1-3-8(7-9)10(11(17)18)14-5-2-6-15-16-13/h1,3-4,7,10,14H,2,5-6H2,(H,17,18). The van der Waals surface area contributed by atoms with Gasteiger partial charge in [-0.05, 0) is 36.2 Å². The number of rotatable bonds is 7. The summed E-state index contributed by atoms with van der Waals surface area (Å²) in [7, 11) is 0. The summed E-state index contributed by atoms with van der Waals surface area (Å²) in [6.45, 7) is 0.786. The molecule has 1 rings (SSSR count). The summed E-state index contributed by atoms with van der Waals surface area (Å²) >= 11 is 5.82. The minimum Gasteiger partial charge on any atom is -0.480 e. The fourth-order valence-electron chi connectivity index (χ4n) is 1.47. The van der Waals surface area contributed by atoms with Crippen molar-refractivity contribution in [1.29, 1.82) is 0 Å². The molecule has 96 valence electrons. The molecule has 0 aliphatic carbocycles. The molecule has 1 unspecified atom stereocenters. The van der Waals surface area contributed by atoms with Crippen molar-refractivity contribution in [3.8, 4) is 0 Å². The molecule has 0 heterocycles. The van der Waals surface area contributed by atoms with E-state index in [1.807, 2.05) is 0 Å². The highest BCUT2D eigenvalue weighted by molar-refractivity contribution is 6.30. The highest BCUT2D eigenvalue weighted by atomic mass is 35.5. The van der Waals surface area contributed by atoms with Gasteiger partial charge in [0.25, 0.3) is 0 Å². The number of aliphatic carboxylic acids is 1. The molecule has 18 heavy (non-hydrogen) atoms. The summed E-state index contributed by atoms with van der Waals surface area (Å²) in [5.41, 5.74) is 8.70. The Morgan fingerprint density at radius 2 is 2.39 bits per heavy atom. The first-order valence-corrected chi connectivity index (χ1v) is 5.75. The average Bonchev–Trinajstić information content (AvgIpc) is 2.33. The van der Waals surface area contributed by atoms with Gasteiger partial charge in [0.05, 0.1) is 0 Å². The van der Waals surface area contributed by atoms with Crippen molar-refractivity contribution in [2.24, 2.45) is 5.11 Å². The van der Waals surface area contributed by atoms with Crippen molar-refractivity contribution in [2.75, 3.05) is 13.1 Å². The Kier molecular flexibility index (Phi) is 6.00. The van der Waals surface area contributed by atoms with Gasteiger partial charge in [0.15, 0.2) is 0 Å². The van der Waals surface area contributed by atoms with Crippen LogP contribution in [0.5, 0.6) is 0 Å². The average molecular weight is 269 g/mol. The van der Waals surface area contributed by atoms with E-state index in [0.717, 1.165) is 0 Å². The van der Waals surface area contributed by atoms with Gasteiger partial charge >= 0.3 is 5.97 Å². The largest absolute Gasteiger partial charge is 0.480 e. The van der Waals surface area contributed by atoms with Crippen molar-refractivity contribution in [2.45, 2.75) is 12.5 Å². The van der Waals surface area contributed by atoms with Crippen molar-refractivity contribution in [3.05, 3.63) is 45.3 Å². The molecule has 7 heteroatoms. The summed E-state index contributed by atoms with van der Waals surface area (Å²) in [4.78, 5) is 13.8. The van der Waals surface area contributed by atoms with Crippen molar-refractivity contribution in [3.63, 3.8) is 0 Å². The molecule has 0 radical (unpaired) electrons. The topological polar surface area (TPSA) is 98.1 Å². The molecule has 0 bridgehead atoms. The van der Waals surface area contributed by atoms with Crippen molar-refractivity contribution in [1.82, 2.24) is 5.32 Å². The zero-order valence-electron chi connectivity index (χ0n) is 9.58. The molecular formula is C11H13ClN4O2. The molecule has 0 amide bonds. The normalized spacial score (nSPS) is 11.6. The van der Waals surface area contributed by atoms with Crippen LogP contribution in [0.15, 0.2) is 29.4 Å². The maximum Gasteiger partial charge on any atom is 0.325 e. The van der Waals surface area contributed by atoms with Gasteiger partial charge in [-0.15, -0.1) is 0 Å². The van der Waals surface area contributed by atoms with E-state index in [1.54, 1.807) is 24.3 Å². The lowest BCUT2D eigenvalue weighted by Gasteiger charge is -2.14. The lowest BCUT2D eigenvalue weighted by Crippen LogP contribution is -2.29. The van der Waals surface area contributed by atoms with E-state index in [0.29, 0.717) is 30.1 Å². The van der Waals surface area contributed by atoms with E-state index in [1.165, 1.54) is 0 Å². The number of azide groups is 1. The number of hydrogen-bond acceptors (Lipinski definition) is 3. The van der Waals surface area contributed by atoms with Crippen LogP contribution in [0.4, 0.5) is 0 Å². The Morgan fingerprint density at radius 3 is 3.00 bits per heavy atom. The molecule has 0 saturated heterocycles. The summed E-state index contributed by atoms with van der Waals surface area (Å²) in [6.07, 6.45) is 0.578. The second kappa shape index (κ2) is 7.55. The predicted octanol–water partition coefficient (Wildman–Crippen LogP) is 2.76. The molecule has 0 spiro atoms. The molecule has 1 aromatic rings. The van der Waals surface area contributed by atoms with E-state index in [9.17, 15) is 4.79 Å². The quantitative estimate of drug-likeness (QED) is 0.344. The fourth-order valence-corrected chi connectivity index (χ4v) is 1.67. The molecule has 6 nitrogen and oxygen atoms in total. The SMILES string of the molecule is [N-]=[N+]=NCCCNC(C(=O)O)c1cccc(Cl)c1. The molecular weight excluding hydrogens is 256 g/mol. The highest BCUT2D eigenvalue weighted by Gasteiger charge is 2.18. The van der Waals surface area contributed by atoms with Crippen LogP contribution in [0.2, 0.25) is 5.02 Å². The van der Waals surface area contributed by atoms with E-state index in [4.69, 9.17) is 22.2 Å². The lowest BCUT2D eigenvalue weighted by atomic mass is 10.1. The van der Waals surface area contributed by atoms with Crippen LogP contribution in [-0.4, -0.2) is 24.2 Å². The smallest absolute Gasteiger partial charge is 0.325 e. The fraction of sp³-hybridized carbons (Fsp3) is 0.364. The molecule has 0 aromatic heterocycles. The lowest BCUT2D eigenvalue weighted by molar-refractivity contribution is -0.139. The Morgan fingerprint density at radius 1 is 1.61 bits per heavy atom. The number of benzene rings is 1. The third-order valence-electron chi connectivity index (χ3n) is 2.28. The van der Waals surface area contributed by atoms with Crippen LogP contribution in [-0.2, 0) is 4.79 Å². The van der Waals surface area contributed by atoms with E-state index >= 15 is 0 Å². The minimum absolute atomic E-state index is 0.339. The summed E-state index contributed by atoms with van der Waals surface area (Å²) in [5, 5.41) is 15.9. The number of nitrogens with one attached hydrogen (secondary N) is 1. The van der Waals surface area contributed by atoms with Crippen molar-refractivity contribution < 1.29 is 9.90 Å². The Labute approximate surface area is 109 Å². The number of carboxylic acids is 1. The molecule has 0 aliphatic rings. The Hall–Kier alpha value is -1.75. The summed E-state index contributed by atoms with van der Waals surface area (Å²) in [6, 6.07) is 5.89. The molecule has 1 aromatic carbocycles. The minimum atomic E-state index is -0.971. The van der Waals surface area contributed by atoms with Crippen LogP contribution in [0.3, 0.4) is 0 Å². The number of hydrogen-bond donors (Lipinski definition) is 2. The van der Waals surface area contributed by atoms with Gasteiger partial charge in [-0.1, -0.05) is 28.8 Å². The second-order valence-electron chi connectivity index (χ2n) is 3.59. The van der Waals surface area contributed by atoms with Gasteiger partial charge in [0.2, 0.25) is 0 Å². The first-order chi connectivity index (χ1) is 8.65. The third-order valence-corrected chi connectivity index (χ3v) is 2.51. The zero-order valence-corrected chi connectivity index (χ0v) is 10.3. The summed E-state index contributed by atoms with van der Waals surface area (Å²) in [5.74, 6) is -0.971. The second-order valence-corrected chi connectivity index (χ2v) is 4.02. The first-order valence-electron chi connectivity index (χ1n) is 5.37. The van der Waals surface area contributed by atoms with Crippen LogP contribution >= 0.6 is 11.6 Å². The van der Waals surface area contributed by atoms with Crippen LogP contribution in [0, 0.1) is 0 Å². The molecule has 2 N–H and O–H groups in total. The van der Waals surface area contributed by atoms with Gasteiger partial charge in [-0.3, -0.25) is 4.79 Å². The van der Waals surface area contributed by atoms with Gasteiger partial charge in [0.1, 0.15) is 6.04 Å². The Balaban J connectivity index is 2.60. The zero-order chi connectivity index (χ0) is 13.4. The predicted molar refractivity (Wildman–Crippen MR) is 68.5 cm³/mol. The van der Waals surface area contributed by atoms with E-state index in [2.05, 4.69) is 15.3 Å². The molecule has 1 atom stereocenters. The van der Waals surface area contributed by atoms with E-state index < -0.39 is 12.0 Å². The molecule has 0 aliphatic heterocycles. The number of carboxylic acid groups (broad SMARTS) is 1. The first kappa shape index (κ1) is 14.3. The van der Waals surface area contributed by atoms with Gasteiger partial charge in [-0.2, -0.15) is 0 Å². The van der Waals surface area contributed by atoms with Crippen molar-refractivity contribution >= 4 is 17.6 Å². The monoisotopic (exact) mass is 268 g/mol. The molecule has 0 fully saturated rings. The third kappa shape index (κ3) is 4.63. The van der Waals surface area contributed by atoms with Crippen LogP contribution in [0.25, 0.3) is 10.4 Å². The van der Waals surface area contributed by atoms with Gasteiger partial charge in [-0.25, -0.2) is 0 Å². The summed E-state index contributed by atoms with van der Waals surface area (Å²) < 4.78 is 0. The maximum absolute atomic E-state index is 11.1. The number of halogens is 1. The number of carbonyl (C=O) groups is 1. The van der Waals surface area contributed by atoms with Gasteiger partial charge in [0, 0.05) is 16.5 Å². The van der Waals surface area contributed by atoms with Gasteiger partial charge < -0.3 is 10.4 Å². The maximum atomic E-state index is 11.1.